The summed E-state index contributed by atoms with van der Waals surface area (Å²) < 4.78 is 9.14. The summed E-state index contributed by atoms with van der Waals surface area (Å²) in [5.74, 6) is 3.35. The molecule has 0 spiro atoms. The normalized spacial score (nSPS) is 21.6. The summed E-state index contributed by atoms with van der Waals surface area (Å²) in [6.07, 6.45) is 3.20. The highest BCUT2D eigenvalue weighted by Crippen LogP contribution is 2.53. The van der Waals surface area contributed by atoms with E-state index < -0.39 is 8.32 Å². The highest BCUT2D eigenvalue weighted by atomic mass is 32.2. The quantitative estimate of drug-likeness (QED) is 0.318. The van der Waals surface area contributed by atoms with E-state index >= 15 is 0 Å². The third kappa shape index (κ3) is 4.84. The van der Waals surface area contributed by atoms with E-state index in [0.717, 1.165) is 49.8 Å². The molecule has 2 aromatic carbocycles. The van der Waals surface area contributed by atoms with E-state index in [9.17, 15) is 0 Å². The Morgan fingerprint density at radius 3 is 2.17 bits per heavy atom. The number of rotatable bonds is 6. The SMILES string of the molecule is Cc1ccc(-c2ccc(C3(c4nnc5n4CCSC(C)(CO[Si](C)(C)C(C)(C)C)C5)CC3)cc2)cc1. The van der Waals surface area contributed by atoms with Crippen LogP contribution in [0, 0.1) is 6.92 Å². The van der Waals surface area contributed by atoms with Crippen LogP contribution in [0.1, 0.15) is 63.3 Å². The molecule has 2 heterocycles. The number of nitrogens with zero attached hydrogens (tertiary/aromatic N) is 3. The van der Waals surface area contributed by atoms with E-state index in [4.69, 9.17) is 14.6 Å². The minimum Gasteiger partial charge on any atom is -0.415 e. The molecule has 1 atom stereocenters. The van der Waals surface area contributed by atoms with Crippen molar-refractivity contribution in [2.45, 2.75) is 88.7 Å². The molecule has 0 N–H and O–H groups in total. The van der Waals surface area contributed by atoms with Gasteiger partial charge in [0.25, 0.3) is 0 Å². The van der Waals surface area contributed by atoms with Crippen molar-refractivity contribution >= 4 is 20.1 Å². The maximum absolute atomic E-state index is 6.68. The van der Waals surface area contributed by atoms with Crippen LogP contribution in [-0.4, -0.2) is 40.2 Å². The predicted octanol–water partition coefficient (Wildman–Crippen LogP) is 7.40. The Morgan fingerprint density at radius 2 is 1.58 bits per heavy atom. The molecule has 1 saturated carbocycles. The average Bonchev–Trinajstić information content (AvgIpc) is 3.57. The summed E-state index contributed by atoms with van der Waals surface area (Å²) in [5.41, 5.74) is 5.21. The van der Waals surface area contributed by atoms with E-state index in [0.29, 0.717) is 0 Å². The summed E-state index contributed by atoms with van der Waals surface area (Å²) >= 11 is 2.04. The molecule has 0 bridgehead atoms. The summed E-state index contributed by atoms with van der Waals surface area (Å²) in [4.78, 5) is 0. The highest BCUT2D eigenvalue weighted by Gasteiger charge is 2.51. The molecule has 6 heteroatoms. The Hall–Kier alpha value is -1.89. The molecule has 0 amide bonds. The van der Waals surface area contributed by atoms with Gasteiger partial charge in [-0.1, -0.05) is 74.9 Å². The van der Waals surface area contributed by atoms with Crippen LogP contribution in [0.15, 0.2) is 48.5 Å². The molecule has 36 heavy (non-hydrogen) atoms. The van der Waals surface area contributed by atoms with Crippen molar-refractivity contribution in [2.24, 2.45) is 0 Å². The van der Waals surface area contributed by atoms with Crippen molar-refractivity contribution in [1.29, 1.82) is 0 Å². The molecule has 3 aromatic rings. The zero-order valence-corrected chi connectivity index (χ0v) is 24.8. The van der Waals surface area contributed by atoms with Crippen LogP contribution in [0.5, 0.6) is 0 Å². The Balaban J connectivity index is 1.36. The van der Waals surface area contributed by atoms with Crippen LogP contribution in [0.3, 0.4) is 0 Å². The lowest BCUT2D eigenvalue weighted by Gasteiger charge is -2.39. The minimum absolute atomic E-state index is 0.0140. The number of thioether (sulfide) groups is 1. The minimum atomic E-state index is -1.79. The van der Waals surface area contributed by atoms with Crippen LogP contribution in [0.2, 0.25) is 18.1 Å². The average molecular weight is 520 g/mol. The molecule has 192 valence electrons. The van der Waals surface area contributed by atoms with Crippen molar-refractivity contribution in [3.05, 3.63) is 71.3 Å². The maximum atomic E-state index is 6.68. The van der Waals surface area contributed by atoms with Crippen LogP contribution in [0.25, 0.3) is 11.1 Å². The maximum Gasteiger partial charge on any atom is 0.192 e. The highest BCUT2D eigenvalue weighted by molar-refractivity contribution is 8.00. The fourth-order valence-electron chi connectivity index (χ4n) is 4.96. The molecular weight excluding hydrogens is 479 g/mol. The van der Waals surface area contributed by atoms with Crippen LogP contribution in [-0.2, 0) is 22.8 Å². The number of aromatic nitrogens is 3. The van der Waals surface area contributed by atoms with Gasteiger partial charge in [0.15, 0.2) is 8.32 Å². The second-order valence-corrected chi connectivity index (χ2v) is 19.1. The Morgan fingerprint density at radius 1 is 0.972 bits per heavy atom. The summed E-state index contributed by atoms with van der Waals surface area (Å²) in [6.45, 7) is 17.9. The van der Waals surface area contributed by atoms with E-state index in [-0.39, 0.29) is 15.2 Å². The first kappa shape index (κ1) is 25.7. The molecule has 1 aliphatic heterocycles. The standard InChI is InChI=1S/C30H41N3OSSi/c1-22-8-10-23(11-9-22)24-12-14-25(15-13-24)30(16-17-30)27-32-31-26-20-29(5,35-19-18-33(26)27)21-34-36(6,7)28(2,3)4/h8-15H,16-21H2,1-7H3. The Kier molecular flexibility index (Phi) is 6.54. The third-order valence-corrected chi connectivity index (χ3v) is 14.5. The summed E-state index contributed by atoms with van der Waals surface area (Å²) in [5, 5.41) is 9.81. The fourth-order valence-corrected chi connectivity index (χ4v) is 7.32. The zero-order valence-electron chi connectivity index (χ0n) is 23.0. The molecule has 1 unspecified atom stereocenters. The fraction of sp³-hybridized carbons (Fsp3) is 0.533. The largest absolute Gasteiger partial charge is 0.415 e. The molecule has 4 nitrogen and oxygen atoms in total. The van der Waals surface area contributed by atoms with Crippen molar-refractivity contribution in [2.75, 3.05) is 12.4 Å². The van der Waals surface area contributed by atoms with E-state index in [1.54, 1.807) is 0 Å². The van der Waals surface area contributed by atoms with Gasteiger partial charge in [-0.2, -0.15) is 11.8 Å². The monoisotopic (exact) mass is 519 g/mol. The molecule has 0 radical (unpaired) electrons. The molecule has 1 aromatic heterocycles. The number of hydrogen-bond donors (Lipinski definition) is 0. The lowest BCUT2D eigenvalue weighted by molar-refractivity contribution is 0.252. The molecule has 5 rings (SSSR count). The van der Waals surface area contributed by atoms with E-state index in [1.807, 2.05) is 11.8 Å². The van der Waals surface area contributed by atoms with Crippen LogP contribution >= 0.6 is 11.8 Å². The van der Waals surface area contributed by atoms with Crippen molar-refractivity contribution in [1.82, 2.24) is 14.8 Å². The molecular formula is C30H41N3OSSi. The summed E-state index contributed by atoms with van der Waals surface area (Å²) in [7, 11) is -1.79. The van der Waals surface area contributed by atoms with Gasteiger partial charge in [-0.25, -0.2) is 0 Å². The zero-order chi connectivity index (χ0) is 25.8. The molecule has 1 aliphatic carbocycles. The number of hydrogen-bond acceptors (Lipinski definition) is 4. The van der Waals surface area contributed by atoms with Gasteiger partial charge in [0, 0.05) is 30.1 Å². The van der Waals surface area contributed by atoms with Crippen molar-refractivity contribution in [3.8, 4) is 11.1 Å². The van der Waals surface area contributed by atoms with Crippen LogP contribution < -0.4 is 0 Å². The van der Waals surface area contributed by atoms with Gasteiger partial charge in [0.1, 0.15) is 11.6 Å². The topological polar surface area (TPSA) is 39.9 Å². The second kappa shape index (κ2) is 9.14. The first-order valence-electron chi connectivity index (χ1n) is 13.3. The van der Waals surface area contributed by atoms with E-state index in [2.05, 4.69) is 101 Å². The lowest BCUT2D eigenvalue weighted by Crippen LogP contribution is -2.45. The van der Waals surface area contributed by atoms with Gasteiger partial charge in [-0.05, 0) is 61.5 Å². The van der Waals surface area contributed by atoms with Gasteiger partial charge in [-0.3, -0.25) is 0 Å². The van der Waals surface area contributed by atoms with Crippen LogP contribution in [0.4, 0.5) is 0 Å². The molecule has 2 aliphatic rings. The summed E-state index contributed by atoms with van der Waals surface area (Å²) in [6, 6.07) is 17.9. The molecule has 0 saturated heterocycles. The van der Waals surface area contributed by atoms with E-state index in [1.165, 1.54) is 22.3 Å². The first-order chi connectivity index (χ1) is 16.9. The van der Waals surface area contributed by atoms with Gasteiger partial charge in [0.05, 0.1) is 5.41 Å². The number of benzene rings is 2. The van der Waals surface area contributed by atoms with Gasteiger partial charge in [-0.15, -0.1) is 10.2 Å². The number of fused-ring (bicyclic) bond motifs is 1. The van der Waals surface area contributed by atoms with Gasteiger partial charge >= 0.3 is 0 Å². The Labute approximate surface area is 222 Å². The third-order valence-electron chi connectivity index (χ3n) is 8.67. The van der Waals surface area contributed by atoms with Crippen molar-refractivity contribution in [3.63, 3.8) is 0 Å². The molecule has 1 fully saturated rings. The van der Waals surface area contributed by atoms with Gasteiger partial charge in [0.2, 0.25) is 0 Å². The van der Waals surface area contributed by atoms with Crippen molar-refractivity contribution < 1.29 is 4.43 Å². The first-order valence-corrected chi connectivity index (χ1v) is 17.2. The second-order valence-electron chi connectivity index (χ2n) is 12.6. The number of aryl methyl sites for hydroxylation is 1. The Bertz CT molecular complexity index is 1220. The lowest BCUT2D eigenvalue weighted by atomic mass is 9.92. The predicted molar refractivity (Wildman–Crippen MR) is 154 cm³/mol. The smallest absolute Gasteiger partial charge is 0.192 e. The van der Waals surface area contributed by atoms with Gasteiger partial charge < -0.3 is 8.99 Å².